The Labute approximate surface area is 322 Å². The van der Waals surface area contributed by atoms with Crippen molar-refractivity contribution in [3.05, 3.63) is 200 Å². The number of benzene rings is 9. The van der Waals surface area contributed by atoms with Gasteiger partial charge in [-0.15, -0.1) is 11.3 Å². The van der Waals surface area contributed by atoms with Crippen LogP contribution >= 0.6 is 11.3 Å². The quantitative estimate of drug-likeness (QED) is 0.170. The van der Waals surface area contributed by atoms with Crippen molar-refractivity contribution in [2.24, 2.45) is 0 Å². The number of hydrogen-bond acceptors (Lipinski definition) is 3. The van der Waals surface area contributed by atoms with E-state index in [0.717, 1.165) is 61.3 Å². The fourth-order valence-corrected chi connectivity index (χ4v) is 9.43. The highest BCUT2D eigenvalue weighted by molar-refractivity contribution is 7.25. The van der Waals surface area contributed by atoms with E-state index in [0.29, 0.717) is 0 Å². The van der Waals surface area contributed by atoms with Crippen LogP contribution in [-0.4, -0.2) is 0 Å². The summed E-state index contributed by atoms with van der Waals surface area (Å²) < 4.78 is 9.15. The first-order valence-corrected chi connectivity index (χ1v) is 19.5. The second kappa shape index (κ2) is 12.9. The van der Waals surface area contributed by atoms with Crippen molar-refractivity contribution in [3.63, 3.8) is 0 Å². The molecule has 0 radical (unpaired) electrons. The molecule has 0 aliphatic rings. The first-order chi connectivity index (χ1) is 27.3. The Morgan fingerprint density at radius 2 is 0.964 bits per heavy atom. The van der Waals surface area contributed by atoms with Crippen LogP contribution in [0.5, 0.6) is 0 Å². The fourth-order valence-electron chi connectivity index (χ4n) is 8.29. The van der Waals surface area contributed by atoms with Gasteiger partial charge in [-0.05, 0) is 87.1 Å². The first kappa shape index (κ1) is 31.6. The Morgan fingerprint density at radius 3 is 1.85 bits per heavy atom. The van der Waals surface area contributed by atoms with Gasteiger partial charge < -0.3 is 9.32 Å². The molecular formula is C52H33NOS. The van der Waals surface area contributed by atoms with Crippen molar-refractivity contribution in [1.82, 2.24) is 0 Å². The van der Waals surface area contributed by atoms with Gasteiger partial charge in [-0.2, -0.15) is 0 Å². The number of nitrogens with zero attached hydrogens (tertiary/aromatic N) is 1. The van der Waals surface area contributed by atoms with Gasteiger partial charge in [0.15, 0.2) is 0 Å². The molecule has 11 aromatic rings. The SMILES string of the molecule is c1ccc(-c2cc(N(c3ccc(-c4cccc5ccccc45)cc3)c3ccc4c(c3)sc3ccccc34)ccc2-c2cccc3c2oc2ccccc23)cc1. The summed E-state index contributed by atoms with van der Waals surface area (Å²) in [6.45, 7) is 0. The Morgan fingerprint density at radius 1 is 0.345 bits per heavy atom. The largest absolute Gasteiger partial charge is 0.455 e. The maximum atomic E-state index is 6.58. The molecule has 0 fully saturated rings. The summed E-state index contributed by atoms with van der Waals surface area (Å²) in [6, 6.07) is 72.2. The van der Waals surface area contributed by atoms with Crippen LogP contribution in [0.1, 0.15) is 0 Å². The monoisotopic (exact) mass is 719 g/mol. The highest BCUT2D eigenvalue weighted by Crippen LogP contribution is 2.45. The maximum Gasteiger partial charge on any atom is 0.143 e. The van der Waals surface area contributed by atoms with Crippen molar-refractivity contribution in [2.75, 3.05) is 4.90 Å². The van der Waals surface area contributed by atoms with E-state index in [1.165, 1.54) is 42.1 Å². The first-order valence-electron chi connectivity index (χ1n) is 18.7. The number of hydrogen-bond donors (Lipinski definition) is 0. The van der Waals surface area contributed by atoms with Gasteiger partial charge in [0.1, 0.15) is 11.2 Å². The van der Waals surface area contributed by atoms with Crippen molar-refractivity contribution in [3.8, 4) is 33.4 Å². The lowest BCUT2D eigenvalue weighted by Crippen LogP contribution is -2.10. The van der Waals surface area contributed by atoms with Gasteiger partial charge in [-0.1, -0.05) is 152 Å². The van der Waals surface area contributed by atoms with E-state index in [1.54, 1.807) is 0 Å². The molecule has 3 heteroatoms. The van der Waals surface area contributed by atoms with E-state index in [-0.39, 0.29) is 0 Å². The summed E-state index contributed by atoms with van der Waals surface area (Å²) in [5, 5.41) is 7.35. The Hall–Kier alpha value is -6.94. The average Bonchev–Trinajstić information content (AvgIpc) is 3.82. The van der Waals surface area contributed by atoms with Crippen LogP contribution in [-0.2, 0) is 0 Å². The Bertz CT molecular complexity index is 3200. The van der Waals surface area contributed by atoms with Gasteiger partial charge >= 0.3 is 0 Å². The molecule has 0 spiro atoms. The zero-order valence-electron chi connectivity index (χ0n) is 29.8. The van der Waals surface area contributed by atoms with Crippen molar-refractivity contribution >= 4 is 81.3 Å². The average molecular weight is 720 g/mol. The normalized spacial score (nSPS) is 11.6. The highest BCUT2D eigenvalue weighted by atomic mass is 32.1. The molecule has 0 saturated carbocycles. The molecular weight excluding hydrogens is 687 g/mol. The summed E-state index contributed by atoms with van der Waals surface area (Å²) in [6.07, 6.45) is 0. The standard InChI is InChI=1S/C52H33NOS/c1-2-12-35(13-3-1)48-32-38(28-30-42(48)46-20-11-21-47-43-17-6-8-22-49(43)54-52(46)47)53(39-29-31-45-44-18-7-9-23-50(44)55-51(45)33-39)37-26-24-36(25-27-37)41-19-10-15-34-14-4-5-16-40(34)41/h1-33H. The number of rotatable bonds is 6. The summed E-state index contributed by atoms with van der Waals surface area (Å²) in [7, 11) is 0. The minimum absolute atomic E-state index is 0.901. The molecule has 9 aromatic carbocycles. The minimum atomic E-state index is 0.901. The zero-order valence-corrected chi connectivity index (χ0v) is 30.6. The van der Waals surface area contributed by atoms with E-state index in [2.05, 4.69) is 199 Å². The molecule has 258 valence electrons. The topological polar surface area (TPSA) is 16.4 Å². The predicted octanol–water partition coefficient (Wildman–Crippen LogP) is 15.6. The molecule has 0 aliphatic carbocycles. The van der Waals surface area contributed by atoms with Gasteiger partial charge in [0.25, 0.3) is 0 Å². The molecule has 11 rings (SSSR count). The molecule has 0 amide bonds. The fraction of sp³-hybridized carbons (Fsp3) is 0. The molecule has 0 unspecified atom stereocenters. The Kier molecular flexibility index (Phi) is 7.39. The number of furan rings is 1. The van der Waals surface area contributed by atoms with E-state index in [4.69, 9.17) is 4.42 Å². The number of para-hydroxylation sites is 2. The van der Waals surface area contributed by atoms with Crippen molar-refractivity contribution < 1.29 is 4.42 Å². The molecule has 2 heterocycles. The lowest BCUT2D eigenvalue weighted by molar-refractivity contribution is 0.670. The second-order valence-corrected chi connectivity index (χ2v) is 15.1. The summed E-state index contributed by atoms with van der Waals surface area (Å²) in [5.74, 6) is 0. The smallest absolute Gasteiger partial charge is 0.143 e. The third-order valence-electron chi connectivity index (χ3n) is 10.9. The van der Waals surface area contributed by atoms with E-state index in [9.17, 15) is 0 Å². The van der Waals surface area contributed by atoms with Gasteiger partial charge in [0, 0.05) is 53.6 Å². The van der Waals surface area contributed by atoms with Crippen LogP contribution in [0.4, 0.5) is 17.1 Å². The van der Waals surface area contributed by atoms with E-state index < -0.39 is 0 Å². The van der Waals surface area contributed by atoms with Gasteiger partial charge in [0.2, 0.25) is 0 Å². The summed E-state index contributed by atoms with van der Waals surface area (Å²) >= 11 is 1.85. The zero-order chi connectivity index (χ0) is 36.3. The van der Waals surface area contributed by atoms with Gasteiger partial charge in [0.05, 0.1) is 0 Å². The van der Waals surface area contributed by atoms with Crippen molar-refractivity contribution in [1.29, 1.82) is 0 Å². The third kappa shape index (κ3) is 5.32. The lowest BCUT2D eigenvalue weighted by Gasteiger charge is -2.27. The van der Waals surface area contributed by atoms with Crippen LogP contribution in [0.15, 0.2) is 205 Å². The number of fused-ring (bicyclic) bond motifs is 7. The van der Waals surface area contributed by atoms with Crippen molar-refractivity contribution in [2.45, 2.75) is 0 Å². The van der Waals surface area contributed by atoms with Gasteiger partial charge in [-0.25, -0.2) is 0 Å². The van der Waals surface area contributed by atoms with Gasteiger partial charge in [-0.3, -0.25) is 0 Å². The van der Waals surface area contributed by atoms with E-state index >= 15 is 0 Å². The van der Waals surface area contributed by atoms with E-state index in [1.807, 2.05) is 17.4 Å². The summed E-state index contributed by atoms with van der Waals surface area (Å²) in [4.78, 5) is 2.40. The molecule has 0 bridgehead atoms. The highest BCUT2D eigenvalue weighted by Gasteiger charge is 2.20. The third-order valence-corrected chi connectivity index (χ3v) is 12.0. The number of anilines is 3. The molecule has 55 heavy (non-hydrogen) atoms. The summed E-state index contributed by atoms with van der Waals surface area (Å²) in [5.41, 5.74) is 12.0. The lowest BCUT2D eigenvalue weighted by atomic mass is 9.92. The van der Waals surface area contributed by atoms with Crippen LogP contribution in [0.25, 0.3) is 86.3 Å². The number of thiophene rings is 1. The molecule has 0 aliphatic heterocycles. The maximum absolute atomic E-state index is 6.58. The molecule has 2 nitrogen and oxygen atoms in total. The minimum Gasteiger partial charge on any atom is -0.455 e. The predicted molar refractivity (Wildman–Crippen MR) is 235 cm³/mol. The molecule has 0 N–H and O–H groups in total. The van der Waals surface area contributed by atoms with Crippen LogP contribution < -0.4 is 4.90 Å². The van der Waals surface area contributed by atoms with Crippen LogP contribution in [0, 0.1) is 0 Å². The second-order valence-electron chi connectivity index (χ2n) is 14.1. The Balaban J connectivity index is 1.11. The molecule has 2 aromatic heterocycles. The van der Waals surface area contributed by atoms with Crippen LogP contribution in [0.2, 0.25) is 0 Å². The van der Waals surface area contributed by atoms with Crippen LogP contribution in [0.3, 0.4) is 0 Å². The molecule has 0 saturated heterocycles. The molecule has 0 atom stereocenters.